The highest BCUT2D eigenvalue weighted by atomic mass is 16.5. The number of hydrogen-bond donors (Lipinski definition) is 1. The molecule has 1 aromatic heterocycles. The van der Waals surface area contributed by atoms with Gasteiger partial charge < -0.3 is 14.7 Å². The molecule has 0 spiro atoms. The predicted octanol–water partition coefficient (Wildman–Crippen LogP) is 2.24. The highest BCUT2D eigenvalue weighted by molar-refractivity contribution is 5.93. The van der Waals surface area contributed by atoms with Crippen LogP contribution in [0.1, 0.15) is 51.0 Å². The minimum absolute atomic E-state index is 0.0127. The van der Waals surface area contributed by atoms with E-state index in [1.807, 2.05) is 13.8 Å². The second kappa shape index (κ2) is 6.02. The summed E-state index contributed by atoms with van der Waals surface area (Å²) in [6.07, 6.45) is 1.73. The van der Waals surface area contributed by atoms with E-state index in [1.165, 1.54) is 0 Å². The zero-order valence-electron chi connectivity index (χ0n) is 13.2. The Labute approximate surface area is 125 Å². The molecule has 1 aliphatic rings. The summed E-state index contributed by atoms with van der Waals surface area (Å²) < 4.78 is 5.53. The van der Waals surface area contributed by atoms with Gasteiger partial charge in [-0.25, -0.2) is 4.98 Å². The number of likely N-dealkylation sites (tertiary alicyclic amines) is 1. The topological polar surface area (TPSA) is 62.7 Å². The third-order valence-electron chi connectivity index (χ3n) is 3.63. The number of carbonyl (C=O) groups excluding carboxylic acids is 1. The van der Waals surface area contributed by atoms with Crippen molar-refractivity contribution < 1.29 is 14.6 Å². The van der Waals surface area contributed by atoms with Gasteiger partial charge in [0.15, 0.2) is 0 Å². The Balaban J connectivity index is 2.19. The molecule has 1 aromatic rings. The van der Waals surface area contributed by atoms with Gasteiger partial charge in [-0.15, -0.1) is 0 Å². The molecule has 5 heteroatoms. The second-order valence-electron chi connectivity index (χ2n) is 6.34. The van der Waals surface area contributed by atoms with Gasteiger partial charge in [0.05, 0.1) is 17.7 Å². The largest absolute Gasteiger partial charge is 0.475 e. The van der Waals surface area contributed by atoms with Gasteiger partial charge in [0, 0.05) is 12.6 Å². The molecule has 1 N–H and O–H groups in total. The van der Waals surface area contributed by atoms with E-state index in [-0.39, 0.29) is 18.1 Å². The Morgan fingerprint density at radius 1 is 1.48 bits per heavy atom. The van der Waals surface area contributed by atoms with Crippen LogP contribution in [0.4, 0.5) is 0 Å². The molecule has 2 heterocycles. The van der Waals surface area contributed by atoms with Crippen molar-refractivity contribution in [1.29, 1.82) is 0 Å². The summed E-state index contributed by atoms with van der Waals surface area (Å²) in [7, 11) is 0. The van der Waals surface area contributed by atoms with Gasteiger partial charge >= 0.3 is 0 Å². The SMILES string of the molecule is CC(C)Oc1cccc(C(=O)N2CCCC2C(C)(C)O)n1. The van der Waals surface area contributed by atoms with Crippen LogP contribution in [0, 0.1) is 0 Å². The minimum atomic E-state index is -0.905. The molecule has 1 saturated heterocycles. The van der Waals surface area contributed by atoms with Gasteiger partial charge in [-0.2, -0.15) is 0 Å². The number of ether oxygens (including phenoxy) is 1. The number of rotatable bonds is 4. The highest BCUT2D eigenvalue weighted by Gasteiger charge is 2.39. The Kier molecular flexibility index (Phi) is 4.52. The van der Waals surface area contributed by atoms with Gasteiger partial charge in [-0.3, -0.25) is 4.79 Å². The highest BCUT2D eigenvalue weighted by Crippen LogP contribution is 2.28. The van der Waals surface area contributed by atoms with E-state index in [4.69, 9.17) is 4.74 Å². The molecule has 2 rings (SSSR count). The molecular weight excluding hydrogens is 268 g/mol. The van der Waals surface area contributed by atoms with E-state index in [0.29, 0.717) is 18.1 Å². The van der Waals surface area contributed by atoms with Gasteiger partial charge in [0.25, 0.3) is 5.91 Å². The monoisotopic (exact) mass is 292 g/mol. The first-order valence-corrected chi connectivity index (χ1v) is 7.46. The molecule has 0 radical (unpaired) electrons. The number of hydrogen-bond acceptors (Lipinski definition) is 4. The summed E-state index contributed by atoms with van der Waals surface area (Å²) in [6.45, 7) is 7.98. The predicted molar refractivity (Wildman–Crippen MR) is 80.4 cm³/mol. The van der Waals surface area contributed by atoms with Crippen molar-refractivity contribution in [3.05, 3.63) is 23.9 Å². The fourth-order valence-corrected chi connectivity index (χ4v) is 2.73. The average molecular weight is 292 g/mol. The number of pyridine rings is 1. The molecule has 1 amide bonds. The normalized spacial score (nSPS) is 19.1. The van der Waals surface area contributed by atoms with Crippen LogP contribution in [-0.4, -0.2) is 45.2 Å². The maximum Gasteiger partial charge on any atom is 0.272 e. The summed E-state index contributed by atoms with van der Waals surface area (Å²) >= 11 is 0. The van der Waals surface area contributed by atoms with Crippen LogP contribution in [0.15, 0.2) is 18.2 Å². The fourth-order valence-electron chi connectivity index (χ4n) is 2.73. The number of carbonyl (C=O) groups is 1. The van der Waals surface area contributed by atoms with E-state index in [1.54, 1.807) is 36.9 Å². The van der Waals surface area contributed by atoms with E-state index in [9.17, 15) is 9.90 Å². The van der Waals surface area contributed by atoms with Crippen molar-refractivity contribution >= 4 is 5.91 Å². The molecule has 5 nitrogen and oxygen atoms in total. The fraction of sp³-hybridized carbons (Fsp3) is 0.625. The molecule has 1 aliphatic heterocycles. The zero-order chi connectivity index (χ0) is 15.6. The maximum atomic E-state index is 12.6. The molecule has 0 bridgehead atoms. The molecule has 0 aliphatic carbocycles. The maximum absolute atomic E-state index is 12.6. The molecule has 21 heavy (non-hydrogen) atoms. The second-order valence-corrected chi connectivity index (χ2v) is 6.34. The molecule has 116 valence electrons. The Morgan fingerprint density at radius 2 is 2.19 bits per heavy atom. The van der Waals surface area contributed by atoms with Crippen LogP contribution in [0.5, 0.6) is 5.88 Å². The number of aliphatic hydroxyl groups is 1. The molecule has 0 aromatic carbocycles. The summed E-state index contributed by atoms with van der Waals surface area (Å²) in [4.78, 5) is 18.6. The first kappa shape index (κ1) is 15.8. The first-order chi connectivity index (χ1) is 9.79. The van der Waals surface area contributed by atoms with Gasteiger partial charge in [-0.1, -0.05) is 6.07 Å². The van der Waals surface area contributed by atoms with Crippen LogP contribution < -0.4 is 4.74 Å². The Bertz CT molecular complexity index is 508. The lowest BCUT2D eigenvalue weighted by Crippen LogP contribution is -2.48. The van der Waals surface area contributed by atoms with Crippen LogP contribution in [-0.2, 0) is 0 Å². The third-order valence-corrected chi connectivity index (χ3v) is 3.63. The van der Waals surface area contributed by atoms with Crippen LogP contribution in [0.25, 0.3) is 0 Å². The quantitative estimate of drug-likeness (QED) is 0.924. The van der Waals surface area contributed by atoms with Crippen molar-refractivity contribution in [3.63, 3.8) is 0 Å². The van der Waals surface area contributed by atoms with E-state index >= 15 is 0 Å². The Morgan fingerprint density at radius 3 is 2.81 bits per heavy atom. The van der Waals surface area contributed by atoms with Crippen LogP contribution in [0.2, 0.25) is 0 Å². The first-order valence-electron chi connectivity index (χ1n) is 7.46. The zero-order valence-corrected chi connectivity index (χ0v) is 13.2. The smallest absolute Gasteiger partial charge is 0.272 e. The molecule has 1 fully saturated rings. The molecule has 0 saturated carbocycles. The lowest BCUT2D eigenvalue weighted by Gasteiger charge is -2.33. The van der Waals surface area contributed by atoms with E-state index in [0.717, 1.165) is 12.8 Å². The van der Waals surface area contributed by atoms with Gasteiger partial charge in [0.1, 0.15) is 5.69 Å². The Hall–Kier alpha value is -1.62. The summed E-state index contributed by atoms with van der Waals surface area (Å²) in [5.41, 5.74) is -0.539. The lowest BCUT2D eigenvalue weighted by atomic mass is 9.96. The summed E-state index contributed by atoms with van der Waals surface area (Å²) in [6, 6.07) is 5.04. The van der Waals surface area contributed by atoms with Crippen molar-refractivity contribution in [3.8, 4) is 5.88 Å². The summed E-state index contributed by atoms with van der Waals surface area (Å²) in [5, 5.41) is 10.2. The van der Waals surface area contributed by atoms with Crippen molar-refractivity contribution in [2.75, 3.05) is 6.54 Å². The van der Waals surface area contributed by atoms with Crippen LogP contribution in [0.3, 0.4) is 0 Å². The standard InChI is InChI=1S/C16H24N2O3/c1-11(2)21-14-9-5-7-12(17-14)15(19)18-10-6-8-13(18)16(3,4)20/h5,7,9,11,13,20H,6,8,10H2,1-4H3. The minimum Gasteiger partial charge on any atom is -0.475 e. The average Bonchev–Trinajstić information content (AvgIpc) is 2.86. The van der Waals surface area contributed by atoms with E-state index in [2.05, 4.69) is 4.98 Å². The van der Waals surface area contributed by atoms with Crippen LogP contribution >= 0.6 is 0 Å². The van der Waals surface area contributed by atoms with E-state index < -0.39 is 5.60 Å². The molecule has 1 unspecified atom stereocenters. The summed E-state index contributed by atoms with van der Waals surface area (Å²) in [5.74, 6) is 0.309. The van der Waals surface area contributed by atoms with Gasteiger partial charge in [-0.05, 0) is 46.6 Å². The number of nitrogens with zero attached hydrogens (tertiary/aromatic N) is 2. The van der Waals surface area contributed by atoms with Crippen molar-refractivity contribution in [2.24, 2.45) is 0 Å². The number of amides is 1. The van der Waals surface area contributed by atoms with Crippen molar-refractivity contribution in [1.82, 2.24) is 9.88 Å². The molecule has 1 atom stereocenters. The lowest BCUT2D eigenvalue weighted by molar-refractivity contribution is 0.0000874. The third kappa shape index (κ3) is 3.73. The molecular formula is C16H24N2O3. The number of aromatic nitrogens is 1. The van der Waals surface area contributed by atoms with Gasteiger partial charge in [0.2, 0.25) is 5.88 Å². The van der Waals surface area contributed by atoms with Crippen molar-refractivity contribution in [2.45, 2.75) is 58.3 Å².